The first-order chi connectivity index (χ1) is 10.8. The first-order valence-corrected chi connectivity index (χ1v) is 7.01. The van der Waals surface area contributed by atoms with Crippen molar-refractivity contribution in [2.45, 2.75) is 0 Å². The van der Waals surface area contributed by atoms with E-state index in [1.807, 2.05) is 19.2 Å². The summed E-state index contributed by atoms with van der Waals surface area (Å²) in [6.07, 6.45) is 1.67. The normalized spacial score (nSPS) is 9.21. The molecule has 1 aromatic heterocycles. The fourth-order valence-electron chi connectivity index (χ4n) is 1.66. The molecule has 0 saturated carbocycles. The van der Waals surface area contributed by atoms with Gasteiger partial charge in [-0.2, -0.15) is 0 Å². The SMILES string of the molecule is CNCCNC(=O)COc1ccc(Oc2ccccn2)cc1.Cl.Cl. The van der Waals surface area contributed by atoms with E-state index < -0.39 is 0 Å². The molecule has 0 radical (unpaired) electrons. The molecule has 0 saturated heterocycles. The van der Waals surface area contributed by atoms with Crippen LogP contribution in [0, 0.1) is 0 Å². The summed E-state index contributed by atoms with van der Waals surface area (Å²) in [7, 11) is 1.83. The van der Waals surface area contributed by atoms with E-state index in [0.29, 0.717) is 23.9 Å². The zero-order valence-corrected chi connectivity index (χ0v) is 14.9. The number of ether oxygens (including phenoxy) is 2. The van der Waals surface area contributed by atoms with Crippen molar-refractivity contribution in [2.24, 2.45) is 0 Å². The quantitative estimate of drug-likeness (QED) is 0.695. The van der Waals surface area contributed by atoms with Crippen LogP contribution in [0.3, 0.4) is 0 Å². The molecular weight excluding hydrogens is 353 g/mol. The van der Waals surface area contributed by atoms with Gasteiger partial charge in [0.2, 0.25) is 5.88 Å². The Kier molecular flexibility index (Phi) is 11.4. The summed E-state index contributed by atoms with van der Waals surface area (Å²) in [5, 5.41) is 5.69. The number of nitrogens with one attached hydrogen (secondary N) is 2. The maximum atomic E-state index is 11.5. The highest BCUT2D eigenvalue weighted by atomic mass is 35.5. The summed E-state index contributed by atoms with van der Waals surface area (Å²) in [6, 6.07) is 12.5. The number of halogens is 2. The van der Waals surface area contributed by atoms with Gasteiger partial charge in [-0.1, -0.05) is 6.07 Å². The lowest BCUT2D eigenvalue weighted by molar-refractivity contribution is -0.123. The van der Waals surface area contributed by atoms with E-state index in [-0.39, 0.29) is 37.3 Å². The van der Waals surface area contributed by atoms with Crippen molar-refractivity contribution in [3.8, 4) is 17.4 Å². The molecule has 1 aromatic carbocycles. The summed E-state index contributed by atoms with van der Waals surface area (Å²) >= 11 is 0. The van der Waals surface area contributed by atoms with Crippen molar-refractivity contribution in [1.82, 2.24) is 15.6 Å². The van der Waals surface area contributed by atoms with Crippen molar-refractivity contribution in [3.63, 3.8) is 0 Å². The summed E-state index contributed by atoms with van der Waals surface area (Å²) in [6.45, 7) is 1.30. The van der Waals surface area contributed by atoms with E-state index in [4.69, 9.17) is 9.47 Å². The molecule has 24 heavy (non-hydrogen) atoms. The largest absolute Gasteiger partial charge is 0.484 e. The Morgan fingerprint density at radius 2 is 1.75 bits per heavy atom. The van der Waals surface area contributed by atoms with Crippen molar-refractivity contribution >= 4 is 30.7 Å². The Labute approximate surface area is 153 Å². The van der Waals surface area contributed by atoms with Crippen LogP contribution in [0.15, 0.2) is 48.7 Å². The number of carbonyl (C=O) groups excluding carboxylic acids is 1. The Morgan fingerprint density at radius 1 is 1.04 bits per heavy atom. The number of rotatable bonds is 8. The number of carbonyl (C=O) groups is 1. The molecule has 0 spiro atoms. The molecule has 2 aromatic rings. The second kappa shape index (κ2) is 12.4. The predicted molar refractivity (Wildman–Crippen MR) is 97.7 cm³/mol. The van der Waals surface area contributed by atoms with Gasteiger partial charge in [0.25, 0.3) is 5.91 Å². The van der Waals surface area contributed by atoms with Crippen LogP contribution in [0.5, 0.6) is 17.4 Å². The van der Waals surface area contributed by atoms with E-state index in [9.17, 15) is 4.79 Å². The first-order valence-electron chi connectivity index (χ1n) is 7.01. The third kappa shape index (κ3) is 8.01. The van der Waals surface area contributed by atoms with E-state index in [2.05, 4.69) is 15.6 Å². The van der Waals surface area contributed by atoms with Gasteiger partial charge in [-0.25, -0.2) is 4.98 Å². The molecule has 0 atom stereocenters. The van der Waals surface area contributed by atoms with Crippen LogP contribution in [-0.4, -0.2) is 37.6 Å². The molecule has 2 rings (SSSR count). The molecule has 0 fully saturated rings. The van der Waals surface area contributed by atoms with Gasteiger partial charge in [0, 0.05) is 25.4 Å². The highest BCUT2D eigenvalue weighted by Crippen LogP contribution is 2.21. The van der Waals surface area contributed by atoms with Crippen molar-refractivity contribution in [1.29, 1.82) is 0 Å². The third-order valence-electron chi connectivity index (χ3n) is 2.75. The molecule has 0 aliphatic carbocycles. The van der Waals surface area contributed by atoms with Crippen LogP contribution >= 0.6 is 24.8 Å². The number of benzene rings is 1. The minimum Gasteiger partial charge on any atom is -0.484 e. The Morgan fingerprint density at radius 3 is 2.38 bits per heavy atom. The molecule has 0 unspecified atom stereocenters. The van der Waals surface area contributed by atoms with Crippen LogP contribution in [0.2, 0.25) is 0 Å². The monoisotopic (exact) mass is 373 g/mol. The fourth-order valence-corrected chi connectivity index (χ4v) is 1.66. The predicted octanol–water partition coefficient (Wildman–Crippen LogP) is 2.43. The van der Waals surface area contributed by atoms with Gasteiger partial charge in [-0.15, -0.1) is 24.8 Å². The van der Waals surface area contributed by atoms with E-state index in [1.54, 1.807) is 36.5 Å². The summed E-state index contributed by atoms with van der Waals surface area (Å²) in [5.41, 5.74) is 0. The summed E-state index contributed by atoms with van der Waals surface area (Å²) in [5.74, 6) is 1.64. The Balaban J connectivity index is 0.00000264. The van der Waals surface area contributed by atoms with Gasteiger partial charge in [0.1, 0.15) is 11.5 Å². The third-order valence-corrected chi connectivity index (χ3v) is 2.75. The number of hydrogen-bond acceptors (Lipinski definition) is 5. The smallest absolute Gasteiger partial charge is 0.257 e. The molecule has 6 nitrogen and oxygen atoms in total. The van der Waals surface area contributed by atoms with Crippen molar-refractivity contribution < 1.29 is 14.3 Å². The Hall–Kier alpha value is -2.02. The van der Waals surface area contributed by atoms with Crippen LogP contribution in [0.25, 0.3) is 0 Å². The zero-order valence-electron chi connectivity index (χ0n) is 13.2. The van der Waals surface area contributed by atoms with Gasteiger partial charge >= 0.3 is 0 Å². The first kappa shape index (κ1) is 22.0. The van der Waals surface area contributed by atoms with E-state index in [1.165, 1.54) is 0 Å². The van der Waals surface area contributed by atoms with Crippen LogP contribution < -0.4 is 20.1 Å². The zero-order chi connectivity index (χ0) is 15.6. The molecule has 2 N–H and O–H groups in total. The maximum Gasteiger partial charge on any atom is 0.257 e. The van der Waals surface area contributed by atoms with Crippen LogP contribution in [0.1, 0.15) is 0 Å². The molecule has 1 heterocycles. The summed E-state index contributed by atoms with van der Waals surface area (Å²) < 4.78 is 11.0. The number of nitrogens with zero attached hydrogens (tertiary/aromatic N) is 1. The molecule has 0 aliphatic rings. The second-order valence-corrected chi connectivity index (χ2v) is 4.48. The van der Waals surface area contributed by atoms with Gasteiger partial charge in [0.15, 0.2) is 6.61 Å². The average molecular weight is 374 g/mol. The number of hydrogen-bond donors (Lipinski definition) is 2. The standard InChI is InChI=1S/C16H19N3O3.2ClH/c1-17-10-11-18-15(20)12-21-13-5-7-14(8-6-13)22-16-4-2-3-9-19-16;;/h2-9,17H,10-12H2,1H3,(H,18,20);2*1H. The minimum atomic E-state index is -0.149. The fraction of sp³-hybridized carbons (Fsp3) is 0.250. The van der Waals surface area contributed by atoms with Crippen molar-refractivity contribution in [2.75, 3.05) is 26.7 Å². The lowest BCUT2D eigenvalue weighted by Crippen LogP contribution is -2.33. The second-order valence-electron chi connectivity index (χ2n) is 4.48. The number of amides is 1. The van der Waals surface area contributed by atoms with E-state index in [0.717, 1.165) is 6.54 Å². The van der Waals surface area contributed by atoms with Gasteiger partial charge in [-0.05, 0) is 37.4 Å². The molecule has 0 aliphatic heterocycles. The van der Waals surface area contributed by atoms with Gasteiger partial charge in [-0.3, -0.25) is 4.79 Å². The van der Waals surface area contributed by atoms with Crippen molar-refractivity contribution in [3.05, 3.63) is 48.7 Å². The lowest BCUT2D eigenvalue weighted by atomic mass is 10.3. The molecule has 8 heteroatoms. The highest BCUT2D eigenvalue weighted by Gasteiger charge is 2.03. The van der Waals surface area contributed by atoms with Gasteiger partial charge < -0.3 is 20.1 Å². The van der Waals surface area contributed by atoms with Crippen LogP contribution in [-0.2, 0) is 4.79 Å². The minimum absolute atomic E-state index is 0. The maximum absolute atomic E-state index is 11.5. The number of aromatic nitrogens is 1. The van der Waals surface area contributed by atoms with E-state index >= 15 is 0 Å². The van der Waals surface area contributed by atoms with Crippen LogP contribution in [0.4, 0.5) is 0 Å². The highest BCUT2D eigenvalue weighted by molar-refractivity contribution is 5.85. The van der Waals surface area contributed by atoms with Gasteiger partial charge in [0.05, 0.1) is 0 Å². The average Bonchev–Trinajstić information content (AvgIpc) is 2.55. The lowest BCUT2D eigenvalue weighted by Gasteiger charge is -2.08. The number of pyridine rings is 1. The number of likely N-dealkylation sites (N-methyl/N-ethyl adjacent to an activating group) is 1. The Bertz CT molecular complexity index is 583. The molecule has 0 bridgehead atoms. The summed E-state index contributed by atoms with van der Waals surface area (Å²) in [4.78, 5) is 15.6. The molecule has 1 amide bonds. The molecule has 132 valence electrons. The molecular formula is C16H21Cl2N3O3. The topological polar surface area (TPSA) is 72.5 Å².